The van der Waals surface area contributed by atoms with Crippen molar-refractivity contribution in [3.05, 3.63) is 84.4 Å². The fourth-order valence-corrected chi connectivity index (χ4v) is 3.53. The van der Waals surface area contributed by atoms with Crippen LogP contribution in [0.15, 0.2) is 77.4 Å². The Morgan fingerprint density at radius 3 is 2.53 bits per heavy atom. The lowest BCUT2D eigenvalue weighted by Crippen LogP contribution is -2.41. The summed E-state index contributed by atoms with van der Waals surface area (Å²) in [5.41, 5.74) is 8.34. The average molecular weight is 425 g/mol. The number of nitrogens with one attached hydrogen (secondary N) is 3. The highest BCUT2D eigenvalue weighted by molar-refractivity contribution is 6.07. The van der Waals surface area contributed by atoms with Gasteiger partial charge in [0.05, 0.1) is 28.4 Å². The zero-order chi connectivity index (χ0) is 21.9. The van der Waals surface area contributed by atoms with Gasteiger partial charge in [-0.25, -0.2) is 9.97 Å². The third-order valence-electron chi connectivity index (χ3n) is 5.08. The Kier molecular flexibility index (Phi) is 5.09. The number of imidazole rings is 1. The maximum absolute atomic E-state index is 12.9. The van der Waals surface area contributed by atoms with Crippen molar-refractivity contribution in [2.45, 2.75) is 12.8 Å². The molecule has 0 aliphatic carbocycles. The summed E-state index contributed by atoms with van der Waals surface area (Å²) in [4.78, 5) is 37.4. The number of aromatic nitrogens is 3. The molecule has 8 heteroatoms. The number of furan rings is 1. The number of benzene rings is 2. The normalized spacial score (nSPS) is 11.0. The molecule has 3 N–H and O–H groups in total. The van der Waals surface area contributed by atoms with Crippen LogP contribution in [0, 0.1) is 0 Å². The molecule has 158 valence electrons. The molecule has 5 aromatic rings. The molecule has 0 unspecified atom stereocenters. The first kappa shape index (κ1) is 19.5. The molecule has 0 saturated heterocycles. The van der Waals surface area contributed by atoms with Crippen LogP contribution in [0.1, 0.15) is 22.6 Å². The van der Waals surface area contributed by atoms with Gasteiger partial charge in [-0.2, -0.15) is 0 Å². The van der Waals surface area contributed by atoms with Gasteiger partial charge in [-0.15, -0.1) is 0 Å². The number of aromatic amines is 1. The molecule has 2 amide bonds. The number of nitrogens with zero attached hydrogens (tertiary/aromatic N) is 2. The monoisotopic (exact) mass is 425 g/mol. The molecular weight excluding hydrogens is 406 g/mol. The van der Waals surface area contributed by atoms with Crippen molar-refractivity contribution in [1.82, 2.24) is 25.8 Å². The minimum Gasteiger partial charge on any atom is -0.463 e. The lowest BCUT2D eigenvalue weighted by atomic mass is 10.1. The largest absolute Gasteiger partial charge is 0.463 e. The van der Waals surface area contributed by atoms with E-state index in [1.54, 1.807) is 24.5 Å². The summed E-state index contributed by atoms with van der Waals surface area (Å²) in [6.07, 6.45) is 2.15. The van der Waals surface area contributed by atoms with Crippen molar-refractivity contribution >= 4 is 33.8 Å². The van der Waals surface area contributed by atoms with Crippen molar-refractivity contribution in [3.63, 3.8) is 0 Å². The number of fused-ring (bicyclic) bond motifs is 2. The van der Waals surface area contributed by atoms with Gasteiger partial charge in [0.25, 0.3) is 5.91 Å². The second kappa shape index (κ2) is 8.35. The van der Waals surface area contributed by atoms with Gasteiger partial charge in [0.1, 0.15) is 11.5 Å². The lowest BCUT2D eigenvalue weighted by Gasteiger charge is -2.10. The molecule has 3 heterocycles. The lowest BCUT2D eigenvalue weighted by molar-refractivity contribution is -0.121. The summed E-state index contributed by atoms with van der Waals surface area (Å²) in [7, 11) is 0. The van der Waals surface area contributed by atoms with Gasteiger partial charge in [0, 0.05) is 18.2 Å². The molecule has 0 spiro atoms. The molecule has 0 radical (unpaired) electrons. The van der Waals surface area contributed by atoms with Crippen molar-refractivity contribution in [2.75, 3.05) is 0 Å². The zero-order valence-corrected chi connectivity index (χ0v) is 17.0. The Hall–Kier alpha value is -4.46. The van der Waals surface area contributed by atoms with E-state index in [0.717, 1.165) is 16.9 Å². The summed E-state index contributed by atoms with van der Waals surface area (Å²) in [6, 6.07) is 20.2. The number of amides is 2. The summed E-state index contributed by atoms with van der Waals surface area (Å²) in [5.74, 6) is 0.521. The second-order valence-corrected chi connectivity index (χ2v) is 7.25. The molecule has 0 bridgehead atoms. The van der Waals surface area contributed by atoms with Crippen LogP contribution in [0.4, 0.5) is 0 Å². The van der Waals surface area contributed by atoms with Crippen molar-refractivity contribution in [3.8, 4) is 11.5 Å². The van der Waals surface area contributed by atoms with E-state index in [0.29, 0.717) is 34.3 Å². The van der Waals surface area contributed by atoms with Gasteiger partial charge >= 0.3 is 0 Å². The third-order valence-corrected chi connectivity index (χ3v) is 5.08. The van der Waals surface area contributed by atoms with E-state index >= 15 is 0 Å². The van der Waals surface area contributed by atoms with Crippen LogP contribution in [0.5, 0.6) is 0 Å². The Balaban J connectivity index is 1.27. The smallest absolute Gasteiger partial charge is 0.270 e. The van der Waals surface area contributed by atoms with Gasteiger partial charge in [-0.3, -0.25) is 20.4 Å². The Morgan fingerprint density at radius 1 is 0.906 bits per heavy atom. The first-order chi connectivity index (χ1) is 15.7. The molecule has 2 aromatic carbocycles. The first-order valence-electron chi connectivity index (χ1n) is 10.1. The molecule has 0 aliphatic rings. The molecule has 32 heavy (non-hydrogen) atoms. The maximum Gasteiger partial charge on any atom is 0.270 e. The minimum atomic E-state index is -0.437. The van der Waals surface area contributed by atoms with Gasteiger partial charge in [0.15, 0.2) is 5.76 Å². The van der Waals surface area contributed by atoms with Gasteiger partial charge < -0.3 is 9.40 Å². The highest BCUT2D eigenvalue weighted by Crippen LogP contribution is 2.25. The molecule has 0 atom stereocenters. The van der Waals surface area contributed by atoms with Gasteiger partial charge in [0.2, 0.25) is 5.91 Å². The molecule has 5 rings (SSSR count). The first-order valence-corrected chi connectivity index (χ1v) is 10.1. The van der Waals surface area contributed by atoms with Crippen LogP contribution >= 0.6 is 0 Å². The van der Waals surface area contributed by atoms with E-state index in [2.05, 4.69) is 25.8 Å². The molecular formula is C24H19N5O3. The maximum atomic E-state index is 12.9. The fraction of sp³-hybridized carbons (Fsp3) is 0.0833. The standard InChI is InChI=1S/C24H19N5O3/c30-23(12-11-22-26-18-8-3-4-9-19(18)27-22)28-29-24(31)16-14-20(21-10-5-13-32-21)25-17-7-2-1-6-15(16)17/h1-10,13-14H,11-12H2,(H,26,27)(H,28,30)(H,29,31). The highest BCUT2D eigenvalue weighted by atomic mass is 16.3. The van der Waals surface area contributed by atoms with Crippen LogP contribution in [0.25, 0.3) is 33.4 Å². The topological polar surface area (TPSA) is 113 Å². The SMILES string of the molecule is O=C(CCc1nc2ccccc2[nH]1)NNC(=O)c1cc(-c2ccco2)nc2ccccc12. The van der Waals surface area contributed by atoms with Gasteiger partial charge in [-0.1, -0.05) is 30.3 Å². The number of H-pyrrole nitrogens is 1. The van der Waals surface area contributed by atoms with E-state index in [-0.39, 0.29) is 12.3 Å². The Morgan fingerprint density at radius 2 is 1.72 bits per heavy atom. The number of carbonyl (C=O) groups is 2. The second-order valence-electron chi connectivity index (χ2n) is 7.25. The molecule has 0 saturated carbocycles. The number of aryl methyl sites for hydroxylation is 1. The molecule has 8 nitrogen and oxygen atoms in total. The van der Waals surface area contributed by atoms with Crippen LogP contribution in [0.3, 0.4) is 0 Å². The van der Waals surface area contributed by atoms with Crippen molar-refractivity contribution in [2.24, 2.45) is 0 Å². The molecule has 0 aliphatic heterocycles. The van der Waals surface area contributed by atoms with Crippen LogP contribution in [-0.4, -0.2) is 26.8 Å². The summed E-state index contributed by atoms with van der Waals surface area (Å²) < 4.78 is 5.42. The van der Waals surface area contributed by atoms with Crippen LogP contribution in [-0.2, 0) is 11.2 Å². The summed E-state index contributed by atoms with van der Waals surface area (Å²) >= 11 is 0. The number of pyridine rings is 1. The highest BCUT2D eigenvalue weighted by Gasteiger charge is 2.16. The Labute approximate surface area is 182 Å². The Bertz CT molecular complexity index is 1390. The summed E-state index contributed by atoms with van der Waals surface area (Å²) in [5, 5.41) is 0.678. The van der Waals surface area contributed by atoms with Crippen LogP contribution in [0.2, 0.25) is 0 Å². The van der Waals surface area contributed by atoms with E-state index in [1.165, 1.54) is 0 Å². The zero-order valence-electron chi connectivity index (χ0n) is 17.0. The third kappa shape index (κ3) is 3.93. The number of hydrogen-bond donors (Lipinski definition) is 3. The van der Waals surface area contributed by atoms with E-state index in [1.807, 2.05) is 48.5 Å². The predicted molar refractivity (Wildman–Crippen MR) is 119 cm³/mol. The van der Waals surface area contributed by atoms with E-state index < -0.39 is 5.91 Å². The average Bonchev–Trinajstić information content (AvgIpc) is 3.50. The number of carbonyl (C=O) groups excluding carboxylic acids is 2. The summed E-state index contributed by atoms with van der Waals surface area (Å²) in [6.45, 7) is 0. The number of para-hydroxylation sites is 3. The number of rotatable bonds is 5. The quantitative estimate of drug-likeness (QED) is 0.371. The van der Waals surface area contributed by atoms with E-state index in [9.17, 15) is 9.59 Å². The molecule has 0 fully saturated rings. The van der Waals surface area contributed by atoms with Crippen molar-refractivity contribution in [1.29, 1.82) is 0 Å². The number of hydrogen-bond acceptors (Lipinski definition) is 5. The molecule has 3 aromatic heterocycles. The van der Waals surface area contributed by atoms with E-state index in [4.69, 9.17) is 4.42 Å². The minimum absolute atomic E-state index is 0.175. The fourth-order valence-electron chi connectivity index (χ4n) is 3.53. The van der Waals surface area contributed by atoms with Crippen LogP contribution < -0.4 is 10.9 Å². The predicted octanol–water partition coefficient (Wildman–Crippen LogP) is 3.76. The van der Waals surface area contributed by atoms with Gasteiger partial charge in [-0.05, 0) is 36.4 Å². The van der Waals surface area contributed by atoms with Crippen molar-refractivity contribution < 1.29 is 14.0 Å². The number of hydrazine groups is 1.